The quantitative estimate of drug-likeness (QED) is 0.835. The minimum Gasteiger partial charge on any atom is -0.368 e. The van der Waals surface area contributed by atoms with Crippen LogP contribution in [0.5, 0.6) is 0 Å². The van der Waals surface area contributed by atoms with E-state index in [0.717, 1.165) is 11.3 Å². The van der Waals surface area contributed by atoms with Gasteiger partial charge in [-0.2, -0.15) is 4.98 Å². The summed E-state index contributed by atoms with van der Waals surface area (Å²) in [7, 11) is 0. The van der Waals surface area contributed by atoms with Gasteiger partial charge in [0.2, 0.25) is 11.1 Å². The lowest BCUT2D eigenvalue weighted by Crippen LogP contribution is -2.24. The standard InChI is InChI=1S/C13H16N4O2S/c1-13(9-5-3-2-4-6-9)18-7-10(19-13)8-20-12-15-11(14)16-17-12/h2-6,10H,7-8H2,1H3,(H3,14,15,16,17). The van der Waals surface area contributed by atoms with E-state index in [1.54, 1.807) is 0 Å². The van der Waals surface area contributed by atoms with Crippen LogP contribution in [-0.2, 0) is 15.3 Å². The largest absolute Gasteiger partial charge is 0.368 e. The number of ether oxygens (including phenoxy) is 2. The first-order valence-electron chi connectivity index (χ1n) is 6.34. The first-order chi connectivity index (χ1) is 9.66. The predicted octanol–water partition coefficient (Wildman–Crippen LogP) is 1.77. The number of aromatic amines is 1. The van der Waals surface area contributed by atoms with Gasteiger partial charge in [0.15, 0.2) is 5.79 Å². The first-order valence-corrected chi connectivity index (χ1v) is 7.32. The smallest absolute Gasteiger partial charge is 0.216 e. The van der Waals surface area contributed by atoms with E-state index >= 15 is 0 Å². The highest BCUT2D eigenvalue weighted by Crippen LogP contribution is 2.35. The lowest BCUT2D eigenvalue weighted by Gasteiger charge is -2.23. The summed E-state index contributed by atoms with van der Waals surface area (Å²) in [4.78, 5) is 4.04. The van der Waals surface area contributed by atoms with Crippen molar-refractivity contribution in [2.45, 2.75) is 24.0 Å². The lowest BCUT2D eigenvalue weighted by molar-refractivity contribution is -0.159. The second-order valence-corrected chi connectivity index (χ2v) is 5.66. The summed E-state index contributed by atoms with van der Waals surface area (Å²) in [6.07, 6.45) is 0.00457. The number of H-pyrrole nitrogens is 1. The first kappa shape index (κ1) is 13.4. The fourth-order valence-electron chi connectivity index (χ4n) is 2.10. The number of anilines is 1. The van der Waals surface area contributed by atoms with Crippen LogP contribution in [-0.4, -0.2) is 33.6 Å². The molecule has 2 aromatic rings. The lowest BCUT2D eigenvalue weighted by atomic mass is 10.1. The molecule has 6 nitrogen and oxygen atoms in total. The Morgan fingerprint density at radius 2 is 2.25 bits per heavy atom. The number of nitrogens with one attached hydrogen (secondary N) is 1. The summed E-state index contributed by atoms with van der Waals surface area (Å²) in [6.45, 7) is 2.50. The van der Waals surface area contributed by atoms with Crippen LogP contribution in [0.15, 0.2) is 35.5 Å². The molecule has 2 unspecified atom stereocenters. The van der Waals surface area contributed by atoms with Gasteiger partial charge in [0.05, 0.1) is 12.7 Å². The molecule has 2 heterocycles. The molecule has 106 valence electrons. The SMILES string of the molecule is CC1(c2ccccc2)OCC(CSc2n[nH]c(N)n2)O1. The van der Waals surface area contributed by atoms with E-state index in [2.05, 4.69) is 15.2 Å². The van der Waals surface area contributed by atoms with Crippen LogP contribution in [0.25, 0.3) is 0 Å². The molecule has 1 aromatic carbocycles. The number of aromatic nitrogens is 3. The van der Waals surface area contributed by atoms with E-state index < -0.39 is 5.79 Å². The Labute approximate surface area is 121 Å². The molecular formula is C13H16N4O2S. The van der Waals surface area contributed by atoms with Gasteiger partial charge in [-0.05, 0) is 6.92 Å². The van der Waals surface area contributed by atoms with Gasteiger partial charge in [0.25, 0.3) is 0 Å². The number of rotatable bonds is 4. The van der Waals surface area contributed by atoms with Crippen molar-refractivity contribution in [1.82, 2.24) is 15.2 Å². The third-order valence-electron chi connectivity index (χ3n) is 3.11. The van der Waals surface area contributed by atoms with Crippen molar-refractivity contribution < 1.29 is 9.47 Å². The van der Waals surface area contributed by atoms with Gasteiger partial charge >= 0.3 is 0 Å². The molecule has 3 rings (SSSR count). The van der Waals surface area contributed by atoms with E-state index in [1.807, 2.05) is 37.3 Å². The van der Waals surface area contributed by atoms with Crippen LogP contribution in [0.2, 0.25) is 0 Å². The van der Waals surface area contributed by atoms with Crippen molar-refractivity contribution in [3.63, 3.8) is 0 Å². The van der Waals surface area contributed by atoms with Gasteiger partial charge in [-0.15, -0.1) is 5.10 Å². The maximum atomic E-state index is 6.02. The highest BCUT2D eigenvalue weighted by atomic mass is 32.2. The fourth-order valence-corrected chi connectivity index (χ4v) is 2.87. The number of nitrogens with zero attached hydrogens (tertiary/aromatic N) is 2. The Morgan fingerprint density at radius 3 is 2.95 bits per heavy atom. The summed E-state index contributed by atoms with van der Waals surface area (Å²) in [5.74, 6) is 0.370. The fraction of sp³-hybridized carbons (Fsp3) is 0.385. The van der Waals surface area contributed by atoms with E-state index in [1.165, 1.54) is 11.8 Å². The molecule has 1 saturated heterocycles. The van der Waals surface area contributed by atoms with E-state index in [9.17, 15) is 0 Å². The van der Waals surface area contributed by atoms with E-state index in [4.69, 9.17) is 15.2 Å². The van der Waals surface area contributed by atoms with Crippen LogP contribution in [0.3, 0.4) is 0 Å². The zero-order valence-corrected chi connectivity index (χ0v) is 11.9. The van der Waals surface area contributed by atoms with Gasteiger partial charge < -0.3 is 15.2 Å². The van der Waals surface area contributed by atoms with Gasteiger partial charge in [0, 0.05) is 11.3 Å². The Balaban J connectivity index is 1.59. The van der Waals surface area contributed by atoms with Crippen LogP contribution in [0.1, 0.15) is 12.5 Å². The van der Waals surface area contributed by atoms with Gasteiger partial charge in [-0.1, -0.05) is 42.1 Å². The number of nitrogens with two attached hydrogens (primary N) is 1. The molecule has 1 aliphatic rings. The molecule has 3 N–H and O–H groups in total. The molecule has 1 aromatic heterocycles. The van der Waals surface area contributed by atoms with Crippen LogP contribution >= 0.6 is 11.8 Å². The van der Waals surface area contributed by atoms with Gasteiger partial charge in [-0.3, -0.25) is 0 Å². The maximum Gasteiger partial charge on any atom is 0.216 e. The molecule has 7 heteroatoms. The topological polar surface area (TPSA) is 86.0 Å². The van der Waals surface area contributed by atoms with E-state index in [0.29, 0.717) is 17.7 Å². The van der Waals surface area contributed by atoms with Crippen molar-refractivity contribution in [3.8, 4) is 0 Å². The number of hydrogen-bond donors (Lipinski definition) is 2. The Kier molecular flexibility index (Phi) is 3.64. The second-order valence-electron chi connectivity index (χ2n) is 4.68. The summed E-state index contributed by atoms with van der Waals surface area (Å²) in [6, 6.07) is 9.94. The molecular weight excluding hydrogens is 276 g/mol. The third-order valence-corrected chi connectivity index (χ3v) is 4.09. The Morgan fingerprint density at radius 1 is 1.45 bits per heavy atom. The number of nitrogen functional groups attached to an aromatic ring is 1. The molecule has 0 saturated carbocycles. The van der Waals surface area contributed by atoms with Crippen molar-refractivity contribution in [3.05, 3.63) is 35.9 Å². The zero-order valence-electron chi connectivity index (χ0n) is 11.1. The van der Waals surface area contributed by atoms with Crippen LogP contribution in [0, 0.1) is 0 Å². The summed E-state index contributed by atoms with van der Waals surface area (Å²) in [5, 5.41) is 7.21. The highest BCUT2D eigenvalue weighted by molar-refractivity contribution is 7.99. The Hall–Kier alpha value is -1.57. The van der Waals surface area contributed by atoms with Crippen molar-refractivity contribution in [2.24, 2.45) is 0 Å². The number of thioether (sulfide) groups is 1. The second kappa shape index (κ2) is 5.43. The normalized spacial score (nSPS) is 25.9. The van der Waals surface area contributed by atoms with Crippen molar-refractivity contribution >= 4 is 17.7 Å². The molecule has 0 radical (unpaired) electrons. The number of hydrogen-bond acceptors (Lipinski definition) is 6. The third kappa shape index (κ3) is 2.79. The minimum atomic E-state index is -0.676. The molecule has 0 amide bonds. The van der Waals surface area contributed by atoms with Crippen molar-refractivity contribution in [1.29, 1.82) is 0 Å². The average Bonchev–Trinajstić information content (AvgIpc) is 3.05. The molecule has 0 spiro atoms. The molecule has 0 aliphatic carbocycles. The predicted molar refractivity (Wildman–Crippen MR) is 76.1 cm³/mol. The molecule has 2 atom stereocenters. The molecule has 1 aliphatic heterocycles. The number of benzene rings is 1. The average molecular weight is 292 g/mol. The maximum absolute atomic E-state index is 6.02. The zero-order chi connectivity index (χ0) is 14.0. The van der Waals surface area contributed by atoms with Gasteiger partial charge in [-0.25, -0.2) is 5.10 Å². The summed E-state index contributed by atoms with van der Waals surface area (Å²) >= 11 is 1.50. The summed E-state index contributed by atoms with van der Waals surface area (Å²) in [5.41, 5.74) is 6.51. The monoisotopic (exact) mass is 292 g/mol. The van der Waals surface area contributed by atoms with E-state index in [-0.39, 0.29) is 6.10 Å². The Bertz CT molecular complexity index is 577. The van der Waals surface area contributed by atoms with Crippen LogP contribution in [0.4, 0.5) is 5.95 Å². The van der Waals surface area contributed by atoms with Gasteiger partial charge in [0.1, 0.15) is 0 Å². The molecule has 20 heavy (non-hydrogen) atoms. The van der Waals surface area contributed by atoms with Crippen LogP contribution < -0.4 is 5.73 Å². The highest BCUT2D eigenvalue weighted by Gasteiger charge is 2.38. The molecule has 1 fully saturated rings. The summed E-state index contributed by atoms with van der Waals surface area (Å²) < 4.78 is 11.8. The van der Waals surface area contributed by atoms with Crippen molar-refractivity contribution in [2.75, 3.05) is 18.1 Å². The minimum absolute atomic E-state index is 0.00457. The molecule has 0 bridgehead atoms.